The van der Waals surface area contributed by atoms with Crippen molar-refractivity contribution >= 4 is 5.97 Å². The first-order valence-corrected chi connectivity index (χ1v) is 6.21. The standard InChI is InChI=1S/C12H21NO2/c14-12(15)5-1-3-10-4-2-8-13(9-10)11-6-7-11/h10-11H,1-9H2,(H,14,15). The van der Waals surface area contributed by atoms with Crippen molar-refractivity contribution in [2.24, 2.45) is 5.92 Å². The molecule has 86 valence electrons. The Morgan fingerprint density at radius 3 is 2.80 bits per heavy atom. The summed E-state index contributed by atoms with van der Waals surface area (Å²) in [6.07, 6.45) is 7.72. The van der Waals surface area contributed by atoms with E-state index in [-0.39, 0.29) is 0 Å². The van der Waals surface area contributed by atoms with Crippen LogP contribution < -0.4 is 0 Å². The first-order valence-electron chi connectivity index (χ1n) is 6.21. The summed E-state index contributed by atoms with van der Waals surface area (Å²) in [6.45, 7) is 2.50. The third-order valence-corrected chi connectivity index (χ3v) is 3.62. The van der Waals surface area contributed by atoms with E-state index in [1.165, 1.54) is 38.8 Å². The summed E-state index contributed by atoms with van der Waals surface area (Å²) in [7, 11) is 0. The zero-order valence-corrected chi connectivity index (χ0v) is 9.32. The van der Waals surface area contributed by atoms with Gasteiger partial charge in [-0.15, -0.1) is 0 Å². The van der Waals surface area contributed by atoms with E-state index in [2.05, 4.69) is 4.90 Å². The summed E-state index contributed by atoms with van der Waals surface area (Å²) in [6, 6.07) is 0.882. The molecule has 2 rings (SSSR count). The molecule has 1 unspecified atom stereocenters. The molecule has 0 radical (unpaired) electrons. The number of likely N-dealkylation sites (tertiary alicyclic amines) is 1. The highest BCUT2D eigenvalue weighted by Gasteiger charge is 2.32. The second kappa shape index (κ2) is 4.97. The van der Waals surface area contributed by atoms with Crippen molar-refractivity contribution in [3.63, 3.8) is 0 Å². The van der Waals surface area contributed by atoms with E-state index in [0.29, 0.717) is 6.42 Å². The van der Waals surface area contributed by atoms with E-state index in [1.807, 2.05) is 0 Å². The van der Waals surface area contributed by atoms with Crippen LogP contribution in [0.15, 0.2) is 0 Å². The summed E-state index contributed by atoms with van der Waals surface area (Å²) in [5.41, 5.74) is 0. The van der Waals surface area contributed by atoms with Gasteiger partial charge < -0.3 is 10.0 Å². The maximum absolute atomic E-state index is 10.4. The van der Waals surface area contributed by atoms with Crippen molar-refractivity contribution in [1.82, 2.24) is 4.90 Å². The minimum atomic E-state index is -0.648. The number of carboxylic acids is 1. The van der Waals surface area contributed by atoms with Crippen LogP contribution in [0.4, 0.5) is 0 Å². The quantitative estimate of drug-likeness (QED) is 0.757. The number of piperidine rings is 1. The predicted molar refractivity (Wildman–Crippen MR) is 58.8 cm³/mol. The average molecular weight is 211 g/mol. The molecule has 0 amide bonds. The molecule has 1 N–H and O–H groups in total. The first kappa shape index (κ1) is 10.9. The van der Waals surface area contributed by atoms with Crippen molar-refractivity contribution in [2.75, 3.05) is 13.1 Å². The average Bonchev–Trinajstić information content (AvgIpc) is 3.01. The van der Waals surface area contributed by atoms with Crippen LogP contribution in [-0.4, -0.2) is 35.1 Å². The molecule has 1 saturated heterocycles. The van der Waals surface area contributed by atoms with Gasteiger partial charge in [0.2, 0.25) is 0 Å². The molecular formula is C12H21NO2. The second-order valence-electron chi connectivity index (χ2n) is 5.02. The van der Waals surface area contributed by atoms with Gasteiger partial charge in [-0.2, -0.15) is 0 Å². The van der Waals surface area contributed by atoms with Gasteiger partial charge in [0.05, 0.1) is 0 Å². The number of nitrogens with zero attached hydrogens (tertiary/aromatic N) is 1. The topological polar surface area (TPSA) is 40.5 Å². The Morgan fingerprint density at radius 1 is 1.33 bits per heavy atom. The van der Waals surface area contributed by atoms with Crippen LogP contribution in [0.5, 0.6) is 0 Å². The molecule has 1 aliphatic heterocycles. The van der Waals surface area contributed by atoms with Crippen molar-refractivity contribution in [1.29, 1.82) is 0 Å². The van der Waals surface area contributed by atoms with Gasteiger partial charge in [0.15, 0.2) is 0 Å². The molecule has 15 heavy (non-hydrogen) atoms. The van der Waals surface area contributed by atoms with E-state index in [4.69, 9.17) is 5.11 Å². The molecule has 1 aliphatic carbocycles. The normalized spacial score (nSPS) is 27.9. The smallest absolute Gasteiger partial charge is 0.303 e. The Hall–Kier alpha value is -0.570. The Morgan fingerprint density at radius 2 is 2.13 bits per heavy atom. The Kier molecular flexibility index (Phi) is 3.62. The predicted octanol–water partition coefficient (Wildman–Crippen LogP) is 2.12. The van der Waals surface area contributed by atoms with Gasteiger partial charge in [0.1, 0.15) is 0 Å². The summed E-state index contributed by atoms with van der Waals surface area (Å²) in [5.74, 6) is 0.114. The van der Waals surface area contributed by atoms with Gasteiger partial charge in [-0.25, -0.2) is 0 Å². The molecule has 0 spiro atoms. The lowest BCUT2D eigenvalue weighted by Crippen LogP contribution is -2.36. The van der Waals surface area contributed by atoms with Crippen molar-refractivity contribution in [2.45, 2.75) is 51.0 Å². The fourth-order valence-electron chi connectivity index (χ4n) is 2.65. The van der Waals surface area contributed by atoms with E-state index in [0.717, 1.165) is 24.8 Å². The zero-order valence-electron chi connectivity index (χ0n) is 9.32. The second-order valence-corrected chi connectivity index (χ2v) is 5.02. The number of carbonyl (C=O) groups is 1. The first-order chi connectivity index (χ1) is 7.25. The number of hydrogen-bond donors (Lipinski definition) is 1. The number of hydrogen-bond acceptors (Lipinski definition) is 2. The fourth-order valence-corrected chi connectivity index (χ4v) is 2.65. The highest BCUT2D eigenvalue weighted by molar-refractivity contribution is 5.66. The third kappa shape index (κ3) is 3.49. The van der Waals surface area contributed by atoms with Crippen LogP contribution in [0.2, 0.25) is 0 Å². The molecule has 0 aromatic carbocycles. The van der Waals surface area contributed by atoms with Crippen molar-refractivity contribution in [3.05, 3.63) is 0 Å². The number of aliphatic carboxylic acids is 1. The molecule has 1 saturated carbocycles. The van der Waals surface area contributed by atoms with Gasteiger partial charge in [-0.1, -0.05) is 0 Å². The molecule has 2 fully saturated rings. The van der Waals surface area contributed by atoms with Crippen molar-refractivity contribution in [3.8, 4) is 0 Å². The Bertz CT molecular complexity index is 226. The maximum Gasteiger partial charge on any atom is 0.303 e. The SMILES string of the molecule is O=C(O)CCCC1CCCN(C2CC2)C1. The summed E-state index contributed by atoms with van der Waals surface area (Å²) in [5, 5.41) is 8.58. The van der Waals surface area contributed by atoms with E-state index >= 15 is 0 Å². The van der Waals surface area contributed by atoms with Crippen LogP contribution in [-0.2, 0) is 4.79 Å². The van der Waals surface area contributed by atoms with Crippen LogP contribution >= 0.6 is 0 Å². The number of carboxylic acid groups (broad SMARTS) is 1. The van der Waals surface area contributed by atoms with Crippen molar-refractivity contribution < 1.29 is 9.90 Å². The lowest BCUT2D eigenvalue weighted by atomic mass is 9.92. The molecular weight excluding hydrogens is 190 g/mol. The molecule has 0 aromatic heterocycles. The Labute approximate surface area is 91.5 Å². The van der Waals surface area contributed by atoms with Gasteiger partial charge >= 0.3 is 5.97 Å². The largest absolute Gasteiger partial charge is 0.481 e. The van der Waals surface area contributed by atoms with Crippen LogP contribution in [0.25, 0.3) is 0 Å². The highest BCUT2D eigenvalue weighted by Crippen LogP contribution is 2.32. The minimum absolute atomic E-state index is 0.347. The fraction of sp³-hybridized carbons (Fsp3) is 0.917. The van der Waals surface area contributed by atoms with E-state index < -0.39 is 5.97 Å². The molecule has 2 aliphatic rings. The zero-order chi connectivity index (χ0) is 10.7. The van der Waals surface area contributed by atoms with Gasteiger partial charge in [-0.3, -0.25) is 4.79 Å². The van der Waals surface area contributed by atoms with Crippen LogP contribution in [0.3, 0.4) is 0 Å². The van der Waals surface area contributed by atoms with Gasteiger partial charge in [0.25, 0.3) is 0 Å². The van der Waals surface area contributed by atoms with Crippen LogP contribution in [0, 0.1) is 5.92 Å². The number of rotatable bonds is 5. The van der Waals surface area contributed by atoms with E-state index in [9.17, 15) is 4.79 Å². The van der Waals surface area contributed by atoms with Gasteiger partial charge in [0, 0.05) is 19.0 Å². The summed E-state index contributed by atoms with van der Waals surface area (Å²) in [4.78, 5) is 13.0. The highest BCUT2D eigenvalue weighted by atomic mass is 16.4. The molecule has 1 atom stereocenters. The van der Waals surface area contributed by atoms with Crippen LogP contribution in [0.1, 0.15) is 44.9 Å². The lowest BCUT2D eigenvalue weighted by molar-refractivity contribution is -0.137. The molecule has 3 nitrogen and oxygen atoms in total. The minimum Gasteiger partial charge on any atom is -0.481 e. The monoisotopic (exact) mass is 211 g/mol. The molecule has 3 heteroatoms. The molecule has 1 heterocycles. The Balaban J connectivity index is 1.65. The maximum atomic E-state index is 10.4. The molecule has 0 aromatic rings. The third-order valence-electron chi connectivity index (χ3n) is 3.62. The summed E-state index contributed by atoms with van der Waals surface area (Å²) >= 11 is 0. The lowest BCUT2D eigenvalue weighted by Gasteiger charge is -2.32. The summed E-state index contributed by atoms with van der Waals surface area (Å²) < 4.78 is 0. The van der Waals surface area contributed by atoms with Gasteiger partial charge in [-0.05, 0) is 51.0 Å². The van der Waals surface area contributed by atoms with E-state index in [1.54, 1.807) is 0 Å². The molecule has 0 bridgehead atoms.